The second-order valence-electron chi connectivity index (χ2n) is 5.76. The number of hydrogen-bond donors (Lipinski definition) is 0. The molecule has 0 N–H and O–H groups in total. The molecule has 0 saturated carbocycles. The Hall–Kier alpha value is -2.43. The van der Waals surface area contributed by atoms with Gasteiger partial charge >= 0.3 is 0 Å². The molecule has 2 heterocycles. The van der Waals surface area contributed by atoms with Gasteiger partial charge in [-0.05, 0) is 32.4 Å². The van der Waals surface area contributed by atoms with Crippen LogP contribution in [0, 0.1) is 6.92 Å². The van der Waals surface area contributed by atoms with Crippen LogP contribution in [0.3, 0.4) is 0 Å². The van der Waals surface area contributed by atoms with E-state index in [2.05, 4.69) is 65.0 Å². The highest BCUT2D eigenvalue weighted by Crippen LogP contribution is 2.24. The highest BCUT2D eigenvalue weighted by atomic mass is 15.3. The molecule has 0 atom stereocenters. The first kappa shape index (κ1) is 15.5. The Morgan fingerprint density at radius 3 is 2.57 bits per heavy atom. The minimum absolute atomic E-state index is 0.855. The van der Waals surface area contributed by atoms with Crippen molar-refractivity contribution in [2.75, 3.05) is 18.0 Å². The van der Waals surface area contributed by atoms with Crippen molar-refractivity contribution in [3.05, 3.63) is 42.4 Å². The van der Waals surface area contributed by atoms with E-state index in [0.717, 1.165) is 42.0 Å². The molecule has 3 aromatic rings. The lowest BCUT2D eigenvalue weighted by molar-refractivity contribution is 0.725. The summed E-state index contributed by atoms with van der Waals surface area (Å²) in [6.07, 6.45) is 5.84. The maximum absolute atomic E-state index is 4.54. The molecule has 120 valence electrons. The van der Waals surface area contributed by atoms with E-state index in [1.807, 2.05) is 10.9 Å². The van der Waals surface area contributed by atoms with Gasteiger partial charge in [0.05, 0.1) is 17.3 Å². The van der Waals surface area contributed by atoms with Crippen molar-refractivity contribution in [3.8, 4) is 5.69 Å². The molecule has 2 aromatic heterocycles. The number of fused-ring (bicyclic) bond motifs is 1. The van der Waals surface area contributed by atoms with Crippen LogP contribution in [0.2, 0.25) is 0 Å². The first-order valence-electron chi connectivity index (χ1n) is 8.25. The molecule has 23 heavy (non-hydrogen) atoms. The van der Waals surface area contributed by atoms with E-state index in [9.17, 15) is 0 Å². The molecule has 5 nitrogen and oxygen atoms in total. The first-order valence-corrected chi connectivity index (χ1v) is 8.25. The average Bonchev–Trinajstić information content (AvgIpc) is 3.01. The lowest BCUT2D eigenvalue weighted by Crippen LogP contribution is -2.25. The van der Waals surface area contributed by atoms with E-state index < -0.39 is 0 Å². The van der Waals surface area contributed by atoms with Crippen LogP contribution >= 0.6 is 0 Å². The fourth-order valence-electron chi connectivity index (χ4n) is 2.72. The molecule has 1 aromatic carbocycles. The molecule has 3 rings (SSSR count). The van der Waals surface area contributed by atoms with Crippen LogP contribution in [0.25, 0.3) is 16.7 Å². The fourth-order valence-corrected chi connectivity index (χ4v) is 2.72. The minimum Gasteiger partial charge on any atom is -0.356 e. The van der Waals surface area contributed by atoms with E-state index in [1.54, 1.807) is 6.33 Å². The second-order valence-corrected chi connectivity index (χ2v) is 5.76. The Labute approximate surface area is 137 Å². The third-order valence-electron chi connectivity index (χ3n) is 4.09. The Bertz CT molecular complexity index is 776. The maximum Gasteiger partial charge on any atom is 0.168 e. The van der Waals surface area contributed by atoms with Crippen molar-refractivity contribution in [3.63, 3.8) is 0 Å². The molecule has 0 aliphatic carbocycles. The minimum atomic E-state index is 0.855. The Kier molecular flexibility index (Phi) is 4.55. The molecule has 0 fully saturated rings. The molecule has 0 radical (unpaired) electrons. The lowest BCUT2D eigenvalue weighted by Gasteiger charge is -2.21. The van der Waals surface area contributed by atoms with Crippen molar-refractivity contribution < 1.29 is 0 Å². The number of unbranched alkanes of at least 4 members (excludes halogenated alkanes) is 1. The monoisotopic (exact) mass is 309 g/mol. The smallest absolute Gasteiger partial charge is 0.168 e. The Morgan fingerprint density at radius 2 is 1.87 bits per heavy atom. The predicted octanol–water partition coefficient (Wildman–Crippen LogP) is 3.75. The number of benzene rings is 1. The number of aromatic nitrogens is 4. The van der Waals surface area contributed by atoms with Gasteiger partial charge in [-0.2, -0.15) is 5.10 Å². The van der Waals surface area contributed by atoms with E-state index >= 15 is 0 Å². The molecule has 0 bridgehead atoms. The molecular weight excluding hydrogens is 286 g/mol. The Balaban J connectivity index is 2.04. The molecule has 0 amide bonds. The first-order chi connectivity index (χ1) is 11.2. The van der Waals surface area contributed by atoms with Crippen molar-refractivity contribution in [1.82, 2.24) is 19.7 Å². The molecule has 0 saturated heterocycles. The topological polar surface area (TPSA) is 46.8 Å². The summed E-state index contributed by atoms with van der Waals surface area (Å²) >= 11 is 0. The van der Waals surface area contributed by atoms with Gasteiger partial charge in [-0.1, -0.05) is 31.0 Å². The van der Waals surface area contributed by atoms with Crippen molar-refractivity contribution in [2.45, 2.75) is 33.6 Å². The SMILES string of the molecule is CCCCN(CC)c1ncnc2c1cnn2-c1ccc(C)cc1. The van der Waals surface area contributed by atoms with E-state index in [-0.39, 0.29) is 0 Å². The van der Waals surface area contributed by atoms with Gasteiger partial charge in [0.1, 0.15) is 12.1 Å². The van der Waals surface area contributed by atoms with Crippen LogP contribution in [0.15, 0.2) is 36.8 Å². The zero-order chi connectivity index (χ0) is 16.2. The van der Waals surface area contributed by atoms with Gasteiger partial charge in [0.2, 0.25) is 0 Å². The van der Waals surface area contributed by atoms with Gasteiger partial charge in [0.15, 0.2) is 5.65 Å². The number of anilines is 1. The third-order valence-corrected chi connectivity index (χ3v) is 4.09. The van der Waals surface area contributed by atoms with Crippen LogP contribution in [-0.2, 0) is 0 Å². The summed E-state index contributed by atoms with van der Waals surface area (Å²) in [6, 6.07) is 8.31. The number of nitrogens with zero attached hydrogens (tertiary/aromatic N) is 5. The van der Waals surface area contributed by atoms with E-state index in [4.69, 9.17) is 0 Å². The highest BCUT2D eigenvalue weighted by Gasteiger charge is 2.15. The summed E-state index contributed by atoms with van der Waals surface area (Å²) in [5.74, 6) is 0.976. The third kappa shape index (κ3) is 3.04. The van der Waals surface area contributed by atoms with Gasteiger partial charge in [-0.25, -0.2) is 14.6 Å². The lowest BCUT2D eigenvalue weighted by atomic mass is 10.2. The summed E-state index contributed by atoms with van der Waals surface area (Å²) in [6.45, 7) is 8.39. The van der Waals surface area contributed by atoms with Gasteiger partial charge < -0.3 is 4.90 Å². The molecule has 5 heteroatoms. The molecular formula is C18H23N5. The maximum atomic E-state index is 4.54. The van der Waals surface area contributed by atoms with Crippen molar-refractivity contribution in [2.24, 2.45) is 0 Å². The summed E-state index contributed by atoms with van der Waals surface area (Å²) < 4.78 is 1.88. The van der Waals surface area contributed by atoms with Crippen molar-refractivity contribution >= 4 is 16.9 Å². The van der Waals surface area contributed by atoms with Gasteiger partial charge in [-0.3, -0.25) is 0 Å². The van der Waals surface area contributed by atoms with Crippen LogP contribution < -0.4 is 4.90 Å². The Morgan fingerprint density at radius 1 is 1.09 bits per heavy atom. The number of rotatable bonds is 6. The van der Waals surface area contributed by atoms with Crippen LogP contribution in [0.4, 0.5) is 5.82 Å². The van der Waals surface area contributed by atoms with Crippen LogP contribution in [-0.4, -0.2) is 32.8 Å². The van der Waals surface area contributed by atoms with Gasteiger partial charge in [-0.15, -0.1) is 0 Å². The molecule has 0 aliphatic rings. The van der Waals surface area contributed by atoms with Gasteiger partial charge in [0.25, 0.3) is 0 Å². The number of hydrogen-bond acceptors (Lipinski definition) is 4. The highest BCUT2D eigenvalue weighted by molar-refractivity contribution is 5.87. The summed E-state index contributed by atoms with van der Waals surface area (Å²) in [5, 5.41) is 5.55. The molecule has 0 spiro atoms. The van der Waals surface area contributed by atoms with E-state index in [0.29, 0.717) is 0 Å². The normalized spacial score (nSPS) is 11.1. The molecule has 0 aliphatic heterocycles. The zero-order valence-electron chi connectivity index (χ0n) is 14.0. The van der Waals surface area contributed by atoms with Gasteiger partial charge in [0, 0.05) is 13.1 Å². The second kappa shape index (κ2) is 6.77. The fraction of sp³-hybridized carbons (Fsp3) is 0.389. The predicted molar refractivity (Wildman–Crippen MR) is 94.2 cm³/mol. The van der Waals surface area contributed by atoms with Crippen molar-refractivity contribution in [1.29, 1.82) is 0 Å². The summed E-state index contributed by atoms with van der Waals surface area (Å²) in [7, 11) is 0. The summed E-state index contributed by atoms with van der Waals surface area (Å²) in [4.78, 5) is 11.3. The average molecular weight is 309 g/mol. The quantitative estimate of drug-likeness (QED) is 0.696. The van der Waals surface area contributed by atoms with E-state index in [1.165, 1.54) is 12.0 Å². The van der Waals surface area contributed by atoms with Crippen LogP contribution in [0.1, 0.15) is 32.3 Å². The largest absolute Gasteiger partial charge is 0.356 e. The van der Waals surface area contributed by atoms with Crippen LogP contribution in [0.5, 0.6) is 0 Å². The number of aryl methyl sites for hydroxylation is 1. The summed E-state index contributed by atoms with van der Waals surface area (Å²) in [5.41, 5.74) is 3.11. The zero-order valence-corrected chi connectivity index (χ0v) is 14.0. The molecule has 0 unspecified atom stereocenters. The standard InChI is InChI=1S/C18H23N5/c1-4-6-11-22(5-2)17-16-12-21-23(18(16)20-13-19-17)15-9-7-14(3)8-10-15/h7-10,12-13H,4-6,11H2,1-3H3.